The average Bonchev–Trinajstić information content (AvgIpc) is 2.47. The fourth-order valence-corrected chi connectivity index (χ4v) is 2.71. The quantitative estimate of drug-likeness (QED) is 0.668. The lowest BCUT2D eigenvalue weighted by Gasteiger charge is -2.24. The Morgan fingerprint density at radius 1 is 1.10 bits per heavy atom. The maximum atomic E-state index is 3.61. The van der Waals surface area contributed by atoms with Crippen molar-refractivity contribution in [3.63, 3.8) is 0 Å². The monoisotopic (exact) mass is 340 g/mol. The molecule has 114 valence electrons. The summed E-state index contributed by atoms with van der Waals surface area (Å²) in [5.41, 5.74) is 1.39. The van der Waals surface area contributed by atoms with Crippen molar-refractivity contribution < 1.29 is 0 Å². The van der Waals surface area contributed by atoms with E-state index < -0.39 is 0 Å². The molecule has 0 saturated carbocycles. The topological polar surface area (TPSA) is 15.3 Å². The lowest BCUT2D eigenvalue weighted by molar-refractivity contribution is 0.265. The van der Waals surface area contributed by atoms with E-state index in [4.69, 9.17) is 0 Å². The smallest absolute Gasteiger partial charge is 0.0332 e. The van der Waals surface area contributed by atoms with Crippen molar-refractivity contribution in [1.82, 2.24) is 10.2 Å². The molecule has 2 nitrogen and oxygen atoms in total. The molecule has 20 heavy (non-hydrogen) atoms. The molecule has 0 radical (unpaired) electrons. The third kappa shape index (κ3) is 6.38. The Kier molecular flexibility index (Phi) is 9.16. The molecule has 0 aromatic heterocycles. The van der Waals surface area contributed by atoms with Gasteiger partial charge in [0.05, 0.1) is 0 Å². The molecule has 0 bridgehead atoms. The lowest BCUT2D eigenvalue weighted by Crippen LogP contribution is -2.30. The summed E-state index contributed by atoms with van der Waals surface area (Å²) >= 11 is 3.51. The van der Waals surface area contributed by atoms with Gasteiger partial charge in [-0.2, -0.15) is 0 Å². The standard InChI is InChI=1S/C17H29BrN2/c1-4-7-13-20(6-3)14-12-17(19-5-2)15-8-10-16(18)11-9-15/h8-11,17,19H,4-7,12-14H2,1-3H3. The highest BCUT2D eigenvalue weighted by molar-refractivity contribution is 9.10. The number of nitrogens with zero attached hydrogens (tertiary/aromatic N) is 1. The number of halogens is 1. The van der Waals surface area contributed by atoms with Gasteiger partial charge in [-0.05, 0) is 56.7 Å². The second-order valence-corrected chi connectivity index (χ2v) is 6.15. The van der Waals surface area contributed by atoms with Gasteiger partial charge < -0.3 is 10.2 Å². The van der Waals surface area contributed by atoms with Gasteiger partial charge in [0.2, 0.25) is 0 Å². The van der Waals surface area contributed by atoms with Gasteiger partial charge in [0.25, 0.3) is 0 Å². The Labute approximate surface area is 133 Å². The zero-order valence-electron chi connectivity index (χ0n) is 13.2. The molecular weight excluding hydrogens is 312 g/mol. The molecule has 0 heterocycles. The Bertz CT molecular complexity index is 351. The maximum absolute atomic E-state index is 3.61. The van der Waals surface area contributed by atoms with E-state index in [0.29, 0.717) is 6.04 Å². The van der Waals surface area contributed by atoms with Crippen LogP contribution in [0.1, 0.15) is 51.6 Å². The van der Waals surface area contributed by atoms with Gasteiger partial charge in [-0.25, -0.2) is 0 Å². The van der Waals surface area contributed by atoms with Crippen LogP contribution in [-0.2, 0) is 0 Å². The van der Waals surface area contributed by atoms with E-state index in [0.717, 1.165) is 17.6 Å². The van der Waals surface area contributed by atoms with Gasteiger partial charge in [-0.15, -0.1) is 0 Å². The zero-order valence-corrected chi connectivity index (χ0v) is 14.7. The van der Waals surface area contributed by atoms with Crippen molar-refractivity contribution in [3.8, 4) is 0 Å². The maximum Gasteiger partial charge on any atom is 0.0332 e. The van der Waals surface area contributed by atoms with Crippen LogP contribution in [0, 0.1) is 0 Å². The van der Waals surface area contributed by atoms with E-state index in [1.807, 2.05) is 0 Å². The first-order valence-corrected chi connectivity index (χ1v) is 8.71. The molecule has 0 spiro atoms. The number of hydrogen-bond donors (Lipinski definition) is 1. The van der Waals surface area contributed by atoms with E-state index in [1.165, 1.54) is 37.9 Å². The van der Waals surface area contributed by atoms with Crippen molar-refractivity contribution in [3.05, 3.63) is 34.3 Å². The number of nitrogens with one attached hydrogen (secondary N) is 1. The van der Waals surface area contributed by atoms with Crippen LogP contribution in [-0.4, -0.2) is 31.1 Å². The third-order valence-corrected chi connectivity index (χ3v) is 4.26. The van der Waals surface area contributed by atoms with Gasteiger partial charge >= 0.3 is 0 Å². The van der Waals surface area contributed by atoms with Gasteiger partial charge in [0, 0.05) is 10.5 Å². The molecule has 1 N–H and O–H groups in total. The molecule has 1 unspecified atom stereocenters. The van der Waals surface area contributed by atoms with Gasteiger partial charge in [0.1, 0.15) is 0 Å². The lowest BCUT2D eigenvalue weighted by atomic mass is 10.0. The second-order valence-electron chi connectivity index (χ2n) is 5.24. The van der Waals surface area contributed by atoms with Crippen LogP contribution >= 0.6 is 15.9 Å². The third-order valence-electron chi connectivity index (χ3n) is 3.73. The van der Waals surface area contributed by atoms with Crippen LogP contribution < -0.4 is 5.32 Å². The Balaban J connectivity index is 2.55. The number of rotatable bonds is 10. The van der Waals surface area contributed by atoms with E-state index in [9.17, 15) is 0 Å². The van der Waals surface area contributed by atoms with Gasteiger partial charge in [-0.1, -0.05) is 55.3 Å². The van der Waals surface area contributed by atoms with Crippen LogP contribution in [0.15, 0.2) is 28.7 Å². The summed E-state index contributed by atoms with van der Waals surface area (Å²) in [6, 6.07) is 9.17. The number of benzene rings is 1. The molecule has 1 rings (SSSR count). The minimum atomic E-state index is 0.462. The molecule has 0 aliphatic heterocycles. The molecule has 3 heteroatoms. The normalized spacial score (nSPS) is 12.8. The summed E-state index contributed by atoms with van der Waals surface area (Å²) in [5, 5.41) is 3.61. The van der Waals surface area contributed by atoms with Crippen molar-refractivity contribution in [2.45, 2.75) is 46.1 Å². The Morgan fingerprint density at radius 2 is 1.80 bits per heavy atom. The molecular formula is C17H29BrN2. The second kappa shape index (κ2) is 10.4. The van der Waals surface area contributed by atoms with Crippen LogP contribution in [0.3, 0.4) is 0 Å². The molecule has 0 aliphatic rings. The summed E-state index contributed by atoms with van der Waals surface area (Å²) in [4.78, 5) is 2.56. The molecule has 1 atom stereocenters. The molecule has 0 amide bonds. The fourth-order valence-electron chi connectivity index (χ4n) is 2.45. The molecule has 1 aromatic rings. The number of unbranched alkanes of at least 4 members (excludes halogenated alkanes) is 1. The fraction of sp³-hybridized carbons (Fsp3) is 0.647. The minimum Gasteiger partial charge on any atom is -0.310 e. The molecule has 1 aromatic carbocycles. The summed E-state index contributed by atoms with van der Waals surface area (Å²) in [6.45, 7) is 11.3. The average molecular weight is 341 g/mol. The summed E-state index contributed by atoms with van der Waals surface area (Å²) < 4.78 is 1.15. The van der Waals surface area contributed by atoms with Gasteiger partial charge in [-0.3, -0.25) is 0 Å². The highest BCUT2D eigenvalue weighted by Crippen LogP contribution is 2.20. The van der Waals surface area contributed by atoms with Crippen molar-refractivity contribution in [1.29, 1.82) is 0 Å². The van der Waals surface area contributed by atoms with Crippen molar-refractivity contribution >= 4 is 15.9 Å². The van der Waals surface area contributed by atoms with E-state index >= 15 is 0 Å². The largest absolute Gasteiger partial charge is 0.310 e. The van der Waals surface area contributed by atoms with Crippen LogP contribution in [0.5, 0.6) is 0 Å². The Morgan fingerprint density at radius 3 is 2.35 bits per heavy atom. The van der Waals surface area contributed by atoms with E-state index in [1.54, 1.807) is 0 Å². The minimum absolute atomic E-state index is 0.462. The first-order valence-electron chi connectivity index (χ1n) is 7.92. The highest BCUT2D eigenvalue weighted by atomic mass is 79.9. The zero-order chi connectivity index (χ0) is 14.8. The number of hydrogen-bond acceptors (Lipinski definition) is 2. The predicted molar refractivity (Wildman–Crippen MR) is 92.2 cm³/mol. The summed E-state index contributed by atoms with van der Waals surface area (Å²) in [5.74, 6) is 0. The first-order chi connectivity index (χ1) is 9.71. The van der Waals surface area contributed by atoms with Gasteiger partial charge in [0.15, 0.2) is 0 Å². The molecule has 0 saturated heterocycles. The van der Waals surface area contributed by atoms with Crippen molar-refractivity contribution in [2.75, 3.05) is 26.2 Å². The SMILES string of the molecule is CCCCN(CC)CCC(NCC)c1ccc(Br)cc1. The first kappa shape index (κ1) is 17.7. The molecule has 0 aliphatic carbocycles. The van der Waals surface area contributed by atoms with E-state index in [-0.39, 0.29) is 0 Å². The van der Waals surface area contributed by atoms with Crippen molar-refractivity contribution in [2.24, 2.45) is 0 Å². The predicted octanol–water partition coefficient (Wildman–Crippen LogP) is 4.61. The summed E-state index contributed by atoms with van der Waals surface area (Å²) in [6.07, 6.45) is 3.75. The van der Waals surface area contributed by atoms with Crippen LogP contribution in [0.2, 0.25) is 0 Å². The van der Waals surface area contributed by atoms with Crippen LogP contribution in [0.25, 0.3) is 0 Å². The summed E-state index contributed by atoms with van der Waals surface area (Å²) in [7, 11) is 0. The highest BCUT2D eigenvalue weighted by Gasteiger charge is 2.12. The van der Waals surface area contributed by atoms with Crippen LogP contribution in [0.4, 0.5) is 0 Å². The van der Waals surface area contributed by atoms with E-state index in [2.05, 4.69) is 71.2 Å². The molecule has 0 fully saturated rings. The Hall–Kier alpha value is -0.380.